The molecule has 1 aliphatic carbocycles. The van der Waals surface area contributed by atoms with Crippen LogP contribution >= 0.6 is 0 Å². The molecule has 1 saturated heterocycles. The first-order valence-electron chi connectivity index (χ1n) is 14.1. The van der Waals surface area contributed by atoms with Crippen molar-refractivity contribution in [2.75, 3.05) is 25.5 Å². The maximum atomic E-state index is 13.5. The van der Waals surface area contributed by atoms with Crippen molar-refractivity contribution in [2.45, 2.75) is 76.0 Å². The van der Waals surface area contributed by atoms with E-state index in [-0.39, 0.29) is 54.9 Å². The third-order valence-corrected chi connectivity index (χ3v) is 8.15. The molecule has 3 aliphatic rings. The number of fused-ring (bicyclic) bond motifs is 2. The fraction of sp³-hybridized carbons (Fsp3) is 0.533. The number of rotatable bonds is 7. The van der Waals surface area contributed by atoms with Crippen molar-refractivity contribution < 1.29 is 23.9 Å². The Bertz CT molecular complexity index is 1170. The summed E-state index contributed by atoms with van der Waals surface area (Å²) in [7, 11) is 1.79. The minimum absolute atomic E-state index is 0.0235. The monoisotopic (exact) mass is 534 g/mol. The standard InChI is InChI=1S/C30H38N4O5/c1-34-25-9-8-23(18-28(35)32-16-13-20-11-14-31-15-12-20)39-27(25)19-38-26-10-7-22(17-24(26)30(34)37)33-29(36)21-5-3-2-4-6-21/h7,10-12,14-15,17,21,23,25,27H,2-6,8-9,13,16,18-19H2,1H3,(H,32,35)(H,33,36)/t23-,25-,27+/m0/s1. The molecule has 208 valence electrons. The van der Waals surface area contributed by atoms with Crippen LogP contribution in [0.25, 0.3) is 0 Å². The van der Waals surface area contributed by atoms with Crippen molar-refractivity contribution in [3.05, 3.63) is 53.9 Å². The molecule has 2 aliphatic heterocycles. The molecule has 2 aromatic rings. The quantitative estimate of drug-likeness (QED) is 0.560. The van der Waals surface area contributed by atoms with Gasteiger partial charge in [-0.05, 0) is 68.0 Å². The first-order chi connectivity index (χ1) is 19.0. The Labute approximate surface area is 229 Å². The predicted molar refractivity (Wildman–Crippen MR) is 146 cm³/mol. The van der Waals surface area contributed by atoms with Crippen LogP contribution in [0.4, 0.5) is 5.69 Å². The van der Waals surface area contributed by atoms with Crippen molar-refractivity contribution in [3.8, 4) is 5.75 Å². The fourth-order valence-electron chi connectivity index (χ4n) is 5.89. The van der Waals surface area contributed by atoms with Gasteiger partial charge in [0.05, 0.1) is 24.1 Å². The number of carbonyl (C=O) groups is 3. The number of benzene rings is 1. The van der Waals surface area contributed by atoms with Crippen molar-refractivity contribution in [1.29, 1.82) is 0 Å². The summed E-state index contributed by atoms with van der Waals surface area (Å²) in [6.07, 6.45) is 10.5. The lowest BCUT2D eigenvalue weighted by Crippen LogP contribution is -2.54. The lowest BCUT2D eigenvalue weighted by Gasteiger charge is -2.42. The third-order valence-electron chi connectivity index (χ3n) is 8.15. The van der Waals surface area contributed by atoms with Crippen molar-refractivity contribution in [3.63, 3.8) is 0 Å². The van der Waals surface area contributed by atoms with E-state index in [1.807, 2.05) is 12.1 Å². The highest BCUT2D eigenvalue weighted by atomic mass is 16.5. The van der Waals surface area contributed by atoms with Gasteiger partial charge < -0.3 is 25.0 Å². The molecule has 9 heteroatoms. The SMILES string of the molecule is CN1C(=O)c2cc(NC(=O)C3CCCCC3)ccc2OC[C@H]2O[C@H](CC(=O)NCCc3ccncc3)CC[C@@H]21. The molecule has 2 fully saturated rings. The molecule has 3 atom stereocenters. The summed E-state index contributed by atoms with van der Waals surface area (Å²) < 4.78 is 12.4. The molecule has 0 unspecified atom stereocenters. The van der Waals surface area contributed by atoms with E-state index in [0.29, 0.717) is 30.0 Å². The first kappa shape index (κ1) is 27.1. The van der Waals surface area contributed by atoms with Crippen LogP contribution in [0.15, 0.2) is 42.7 Å². The molecule has 9 nitrogen and oxygen atoms in total. The van der Waals surface area contributed by atoms with E-state index in [1.54, 1.807) is 42.5 Å². The number of nitrogens with zero attached hydrogens (tertiary/aromatic N) is 2. The van der Waals surface area contributed by atoms with E-state index in [4.69, 9.17) is 9.47 Å². The molecule has 1 aromatic carbocycles. The van der Waals surface area contributed by atoms with Crippen LogP contribution in [0, 0.1) is 5.92 Å². The Kier molecular flexibility index (Phi) is 8.76. The van der Waals surface area contributed by atoms with Gasteiger partial charge in [0.15, 0.2) is 0 Å². The Hall–Kier alpha value is -3.46. The molecule has 1 aromatic heterocycles. The van der Waals surface area contributed by atoms with E-state index >= 15 is 0 Å². The van der Waals surface area contributed by atoms with Gasteiger partial charge in [-0.3, -0.25) is 19.4 Å². The number of hydrogen-bond donors (Lipinski definition) is 2. The summed E-state index contributed by atoms with van der Waals surface area (Å²) >= 11 is 0. The zero-order valence-electron chi connectivity index (χ0n) is 22.6. The van der Waals surface area contributed by atoms with Crippen LogP contribution in [0.1, 0.15) is 67.3 Å². The second kappa shape index (κ2) is 12.6. The molecular weight excluding hydrogens is 496 g/mol. The highest BCUT2D eigenvalue weighted by molar-refractivity contribution is 6.00. The predicted octanol–water partition coefficient (Wildman–Crippen LogP) is 3.73. The average molecular weight is 535 g/mol. The highest BCUT2D eigenvalue weighted by Crippen LogP contribution is 2.33. The van der Waals surface area contributed by atoms with Gasteiger partial charge in [-0.2, -0.15) is 0 Å². The van der Waals surface area contributed by atoms with Gasteiger partial charge in [0.2, 0.25) is 11.8 Å². The van der Waals surface area contributed by atoms with E-state index in [9.17, 15) is 14.4 Å². The lowest BCUT2D eigenvalue weighted by molar-refractivity contribution is -0.134. The Balaban J connectivity index is 1.17. The number of pyridine rings is 1. The van der Waals surface area contributed by atoms with Gasteiger partial charge in [-0.25, -0.2) is 0 Å². The largest absolute Gasteiger partial charge is 0.490 e. The summed E-state index contributed by atoms with van der Waals surface area (Å²) in [5.41, 5.74) is 2.18. The van der Waals surface area contributed by atoms with E-state index in [1.165, 1.54) is 6.42 Å². The molecule has 3 heterocycles. The summed E-state index contributed by atoms with van der Waals surface area (Å²) in [5, 5.41) is 5.98. The average Bonchev–Trinajstić information content (AvgIpc) is 2.96. The molecule has 0 bridgehead atoms. The minimum atomic E-state index is -0.332. The summed E-state index contributed by atoms with van der Waals surface area (Å²) in [5.74, 6) is 0.323. The molecule has 1 saturated carbocycles. The highest BCUT2D eigenvalue weighted by Gasteiger charge is 2.39. The van der Waals surface area contributed by atoms with Crippen LogP contribution in [-0.2, 0) is 20.7 Å². The number of ether oxygens (including phenoxy) is 2. The number of hydrogen-bond acceptors (Lipinski definition) is 6. The number of aromatic nitrogens is 1. The summed E-state index contributed by atoms with van der Waals surface area (Å²) in [4.78, 5) is 44.5. The maximum absolute atomic E-state index is 13.5. The van der Waals surface area contributed by atoms with Crippen LogP contribution in [0.5, 0.6) is 5.75 Å². The van der Waals surface area contributed by atoms with Gasteiger partial charge in [0.1, 0.15) is 18.5 Å². The van der Waals surface area contributed by atoms with E-state index < -0.39 is 0 Å². The van der Waals surface area contributed by atoms with Gasteiger partial charge >= 0.3 is 0 Å². The molecule has 0 spiro atoms. The molecule has 3 amide bonds. The molecule has 2 N–H and O–H groups in total. The van der Waals surface area contributed by atoms with Gasteiger partial charge in [-0.15, -0.1) is 0 Å². The van der Waals surface area contributed by atoms with Crippen LogP contribution in [0.3, 0.4) is 0 Å². The van der Waals surface area contributed by atoms with Crippen LogP contribution in [0.2, 0.25) is 0 Å². The molecular formula is C30H38N4O5. The van der Waals surface area contributed by atoms with Gasteiger partial charge in [0.25, 0.3) is 5.91 Å². The van der Waals surface area contributed by atoms with Gasteiger partial charge in [-0.1, -0.05) is 19.3 Å². The molecule has 5 rings (SSSR count). The van der Waals surface area contributed by atoms with Crippen molar-refractivity contribution in [1.82, 2.24) is 15.2 Å². The number of nitrogens with one attached hydrogen (secondary N) is 2. The molecule has 0 radical (unpaired) electrons. The van der Waals surface area contributed by atoms with Crippen molar-refractivity contribution in [2.24, 2.45) is 5.92 Å². The topological polar surface area (TPSA) is 110 Å². The maximum Gasteiger partial charge on any atom is 0.257 e. The molecule has 39 heavy (non-hydrogen) atoms. The van der Waals surface area contributed by atoms with Gasteiger partial charge in [0, 0.05) is 37.6 Å². The fourth-order valence-corrected chi connectivity index (χ4v) is 5.89. The zero-order valence-corrected chi connectivity index (χ0v) is 22.6. The Morgan fingerprint density at radius 1 is 1.05 bits per heavy atom. The number of amides is 3. The van der Waals surface area contributed by atoms with Crippen molar-refractivity contribution >= 4 is 23.4 Å². The summed E-state index contributed by atoms with van der Waals surface area (Å²) in [6.45, 7) is 0.838. The Morgan fingerprint density at radius 3 is 2.64 bits per heavy atom. The normalized spacial score (nSPS) is 23.5. The summed E-state index contributed by atoms with van der Waals surface area (Å²) in [6, 6.07) is 8.97. The minimum Gasteiger partial charge on any atom is -0.490 e. The van der Waals surface area contributed by atoms with Crippen LogP contribution < -0.4 is 15.4 Å². The number of anilines is 1. The lowest BCUT2D eigenvalue weighted by atomic mass is 9.88. The van der Waals surface area contributed by atoms with Crippen LogP contribution in [-0.4, -0.2) is 66.1 Å². The third kappa shape index (κ3) is 6.76. The second-order valence-electron chi connectivity index (χ2n) is 10.9. The smallest absolute Gasteiger partial charge is 0.257 e. The first-order valence-corrected chi connectivity index (χ1v) is 14.1. The Morgan fingerprint density at radius 2 is 1.85 bits per heavy atom. The number of likely N-dealkylation sites (N-methyl/N-ethyl adjacent to an activating group) is 1. The number of carbonyl (C=O) groups excluding carboxylic acids is 3. The second-order valence-corrected chi connectivity index (χ2v) is 10.9. The zero-order chi connectivity index (χ0) is 27.2. The van der Waals surface area contributed by atoms with E-state index in [0.717, 1.165) is 44.1 Å². The van der Waals surface area contributed by atoms with E-state index in [2.05, 4.69) is 15.6 Å².